The molecule has 0 fully saturated rings. The molecular weight excluding hydrogens is 254 g/mol. The van der Waals surface area contributed by atoms with Gasteiger partial charge in [0.25, 0.3) is 0 Å². The standard InChI is InChI=1S/C16H27NO3/c1-12(2)10-20-11-15(18)9-17-13(3)14-6-5-7-16(8-14)19-4/h5-8,12-13,15,17-18H,9-11H2,1-4H3/t13-,15?/m1/s1. The highest BCUT2D eigenvalue weighted by molar-refractivity contribution is 5.30. The van der Waals surface area contributed by atoms with Gasteiger partial charge in [0.15, 0.2) is 0 Å². The Morgan fingerprint density at radius 2 is 1.95 bits per heavy atom. The molecule has 0 aliphatic carbocycles. The quantitative estimate of drug-likeness (QED) is 0.729. The Bertz CT molecular complexity index is 382. The number of hydrogen-bond donors (Lipinski definition) is 2. The Kier molecular flexibility index (Phi) is 7.59. The number of aliphatic hydroxyl groups is 1. The molecule has 0 saturated carbocycles. The zero-order valence-corrected chi connectivity index (χ0v) is 12.9. The Labute approximate surface area is 122 Å². The predicted molar refractivity (Wildman–Crippen MR) is 81.1 cm³/mol. The smallest absolute Gasteiger partial charge is 0.119 e. The van der Waals surface area contributed by atoms with Gasteiger partial charge in [0, 0.05) is 19.2 Å². The number of hydrogen-bond acceptors (Lipinski definition) is 4. The van der Waals surface area contributed by atoms with Crippen molar-refractivity contribution in [2.24, 2.45) is 5.92 Å². The Hall–Kier alpha value is -1.10. The number of aliphatic hydroxyl groups excluding tert-OH is 1. The summed E-state index contributed by atoms with van der Waals surface area (Å²) in [5.74, 6) is 1.34. The summed E-state index contributed by atoms with van der Waals surface area (Å²) in [6.45, 7) is 7.82. The highest BCUT2D eigenvalue weighted by Gasteiger charge is 2.10. The zero-order valence-electron chi connectivity index (χ0n) is 12.9. The van der Waals surface area contributed by atoms with E-state index in [1.54, 1.807) is 7.11 Å². The lowest BCUT2D eigenvalue weighted by Crippen LogP contribution is -2.32. The van der Waals surface area contributed by atoms with Crippen molar-refractivity contribution in [2.75, 3.05) is 26.9 Å². The van der Waals surface area contributed by atoms with Gasteiger partial charge in [-0.2, -0.15) is 0 Å². The van der Waals surface area contributed by atoms with E-state index in [0.717, 1.165) is 11.3 Å². The average Bonchev–Trinajstić information content (AvgIpc) is 2.44. The van der Waals surface area contributed by atoms with Crippen LogP contribution in [0.5, 0.6) is 5.75 Å². The molecule has 1 rings (SSSR count). The number of methoxy groups -OCH3 is 1. The second-order valence-electron chi connectivity index (χ2n) is 5.49. The molecule has 20 heavy (non-hydrogen) atoms. The highest BCUT2D eigenvalue weighted by Crippen LogP contribution is 2.18. The van der Waals surface area contributed by atoms with Crippen LogP contribution in [0.1, 0.15) is 32.4 Å². The summed E-state index contributed by atoms with van der Waals surface area (Å²) in [4.78, 5) is 0. The SMILES string of the molecule is COc1cccc([C@@H](C)NCC(O)COCC(C)C)c1. The fraction of sp³-hybridized carbons (Fsp3) is 0.625. The molecule has 0 aliphatic heterocycles. The van der Waals surface area contributed by atoms with E-state index in [-0.39, 0.29) is 6.04 Å². The van der Waals surface area contributed by atoms with Gasteiger partial charge < -0.3 is 19.9 Å². The largest absolute Gasteiger partial charge is 0.497 e. The molecule has 2 N–H and O–H groups in total. The minimum atomic E-state index is -0.484. The van der Waals surface area contributed by atoms with Crippen molar-refractivity contribution in [2.45, 2.75) is 32.9 Å². The van der Waals surface area contributed by atoms with E-state index in [9.17, 15) is 5.11 Å². The van der Waals surface area contributed by atoms with Gasteiger partial charge in [-0.15, -0.1) is 0 Å². The van der Waals surface area contributed by atoms with E-state index >= 15 is 0 Å². The maximum absolute atomic E-state index is 9.85. The van der Waals surface area contributed by atoms with Crippen LogP contribution in [0.25, 0.3) is 0 Å². The van der Waals surface area contributed by atoms with Gasteiger partial charge in [0.05, 0.1) is 19.8 Å². The molecule has 0 spiro atoms. The molecule has 0 amide bonds. The van der Waals surface area contributed by atoms with Gasteiger partial charge in [-0.3, -0.25) is 0 Å². The lowest BCUT2D eigenvalue weighted by Gasteiger charge is -2.18. The van der Waals surface area contributed by atoms with Crippen LogP contribution in [0.3, 0.4) is 0 Å². The van der Waals surface area contributed by atoms with Crippen molar-refractivity contribution in [1.29, 1.82) is 0 Å². The van der Waals surface area contributed by atoms with Gasteiger partial charge in [-0.1, -0.05) is 26.0 Å². The molecule has 1 aromatic rings. The summed E-state index contributed by atoms with van der Waals surface area (Å²) in [5.41, 5.74) is 1.14. The molecule has 0 heterocycles. The van der Waals surface area contributed by atoms with Crippen LogP contribution in [0.2, 0.25) is 0 Å². The van der Waals surface area contributed by atoms with E-state index in [4.69, 9.17) is 9.47 Å². The fourth-order valence-corrected chi connectivity index (χ4v) is 1.84. The van der Waals surface area contributed by atoms with Crippen molar-refractivity contribution >= 4 is 0 Å². The number of nitrogens with one attached hydrogen (secondary N) is 1. The summed E-state index contributed by atoms with van der Waals surface area (Å²) in [6.07, 6.45) is -0.484. The normalized spacial score (nSPS) is 14.3. The third kappa shape index (κ3) is 6.37. The Balaban J connectivity index is 2.32. The highest BCUT2D eigenvalue weighted by atomic mass is 16.5. The second kappa shape index (κ2) is 8.95. The molecule has 0 saturated heterocycles. The van der Waals surface area contributed by atoms with Crippen LogP contribution < -0.4 is 10.1 Å². The molecule has 1 aromatic carbocycles. The molecular formula is C16H27NO3. The van der Waals surface area contributed by atoms with E-state index in [1.807, 2.05) is 24.3 Å². The maximum Gasteiger partial charge on any atom is 0.119 e. The van der Waals surface area contributed by atoms with E-state index in [1.165, 1.54) is 0 Å². The van der Waals surface area contributed by atoms with Crippen LogP contribution in [-0.2, 0) is 4.74 Å². The molecule has 1 unspecified atom stereocenters. The minimum Gasteiger partial charge on any atom is -0.497 e. The number of rotatable bonds is 9. The van der Waals surface area contributed by atoms with Gasteiger partial charge in [0.2, 0.25) is 0 Å². The topological polar surface area (TPSA) is 50.7 Å². The van der Waals surface area contributed by atoms with Crippen molar-refractivity contribution in [1.82, 2.24) is 5.32 Å². The fourth-order valence-electron chi connectivity index (χ4n) is 1.84. The van der Waals surface area contributed by atoms with Gasteiger partial charge in [-0.25, -0.2) is 0 Å². The lowest BCUT2D eigenvalue weighted by molar-refractivity contribution is 0.0252. The molecule has 0 aliphatic rings. The number of benzene rings is 1. The van der Waals surface area contributed by atoms with Crippen LogP contribution in [0, 0.1) is 5.92 Å². The van der Waals surface area contributed by atoms with Crippen molar-refractivity contribution < 1.29 is 14.6 Å². The summed E-state index contributed by atoms with van der Waals surface area (Å²) in [6, 6.07) is 8.09. The van der Waals surface area contributed by atoms with E-state index in [0.29, 0.717) is 25.7 Å². The molecule has 4 nitrogen and oxygen atoms in total. The number of ether oxygens (including phenoxy) is 2. The Morgan fingerprint density at radius 1 is 1.20 bits per heavy atom. The average molecular weight is 281 g/mol. The van der Waals surface area contributed by atoms with E-state index < -0.39 is 6.10 Å². The van der Waals surface area contributed by atoms with Gasteiger partial charge in [0.1, 0.15) is 5.75 Å². The van der Waals surface area contributed by atoms with Crippen LogP contribution in [0.4, 0.5) is 0 Å². The summed E-state index contributed by atoms with van der Waals surface area (Å²) < 4.78 is 10.6. The molecule has 114 valence electrons. The van der Waals surface area contributed by atoms with Crippen LogP contribution >= 0.6 is 0 Å². The van der Waals surface area contributed by atoms with Crippen molar-refractivity contribution in [3.8, 4) is 5.75 Å². The maximum atomic E-state index is 9.85. The van der Waals surface area contributed by atoms with Crippen molar-refractivity contribution in [3.63, 3.8) is 0 Å². The third-order valence-electron chi connectivity index (χ3n) is 3.01. The van der Waals surface area contributed by atoms with Gasteiger partial charge >= 0.3 is 0 Å². The first kappa shape index (κ1) is 17.0. The van der Waals surface area contributed by atoms with E-state index in [2.05, 4.69) is 26.1 Å². The molecule has 2 atom stereocenters. The Morgan fingerprint density at radius 3 is 2.60 bits per heavy atom. The minimum absolute atomic E-state index is 0.157. The molecule has 0 radical (unpaired) electrons. The lowest BCUT2D eigenvalue weighted by atomic mass is 10.1. The summed E-state index contributed by atoms with van der Waals surface area (Å²) in [7, 11) is 1.66. The van der Waals surface area contributed by atoms with Crippen molar-refractivity contribution in [3.05, 3.63) is 29.8 Å². The first-order chi connectivity index (χ1) is 9.52. The van der Waals surface area contributed by atoms with Crippen LogP contribution in [0.15, 0.2) is 24.3 Å². The summed E-state index contributed by atoms with van der Waals surface area (Å²) >= 11 is 0. The monoisotopic (exact) mass is 281 g/mol. The molecule has 0 bridgehead atoms. The molecule has 0 aromatic heterocycles. The van der Waals surface area contributed by atoms with Gasteiger partial charge in [-0.05, 0) is 30.5 Å². The predicted octanol–water partition coefficient (Wildman–Crippen LogP) is 2.38. The first-order valence-corrected chi connectivity index (χ1v) is 7.16. The first-order valence-electron chi connectivity index (χ1n) is 7.16. The zero-order chi connectivity index (χ0) is 15.0. The third-order valence-corrected chi connectivity index (χ3v) is 3.01. The summed E-state index contributed by atoms with van der Waals surface area (Å²) in [5, 5.41) is 13.1. The molecule has 4 heteroatoms. The second-order valence-corrected chi connectivity index (χ2v) is 5.49. The van der Waals surface area contributed by atoms with Crippen LogP contribution in [-0.4, -0.2) is 38.1 Å².